The molecule has 0 aliphatic heterocycles. The van der Waals surface area contributed by atoms with E-state index in [1.54, 1.807) is 12.1 Å². The number of amides is 1. The van der Waals surface area contributed by atoms with Gasteiger partial charge in [-0.3, -0.25) is 9.59 Å². The lowest BCUT2D eigenvalue weighted by molar-refractivity contribution is -0.148. The van der Waals surface area contributed by atoms with Gasteiger partial charge >= 0.3 is 5.97 Å². The first kappa shape index (κ1) is 14.4. The Morgan fingerprint density at radius 1 is 1.30 bits per heavy atom. The molecule has 0 spiro atoms. The topological polar surface area (TPSA) is 99.0 Å². The molecule has 1 aromatic heterocycles. The summed E-state index contributed by atoms with van der Waals surface area (Å²) in [7, 11) is 0. The van der Waals surface area contributed by atoms with Gasteiger partial charge in [-0.2, -0.15) is 0 Å². The van der Waals surface area contributed by atoms with Crippen molar-refractivity contribution in [1.82, 2.24) is 20.2 Å². The van der Waals surface area contributed by atoms with Crippen LogP contribution in [0.2, 0.25) is 0 Å². The fraction of sp³-hybridized carbons (Fsp3) is 0.182. The first-order chi connectivity index (χ1) is 9.63. The standard InChI is InChI=1S/C11H10IN5O3/c12-8-1-3-9(4-2-8)14-10(18)6-20-11(19)5-17-7-13-15-16-17/h1-4,7H,5-6H2,(H,14,18). The second-order valence-corrected chi connectivity index (χ2v) is 4.97. The molecule has 0 aliphatic rings. The van der Waals surface area contributed by atoms with Crippen molar-refractivity contribution in [1.29, 1.82) is 0 Å². The molecule has 0 unspecified atom stereocenters. The van der Waals surface area contributed by atoms with E-state index in [-0.39, 0.29) is 13.2 Å². The number of carbonyl (C=O) groups is 2. The maximum Gasteiger partial charge on any atom is 0.328 e. The van der Waals surface area contributed by atoms with E-state index in [4.69, 9.17) is 4.74 Å². The van der Waals surface area contributed by atoms with Crippen molar-refractivity contribution in [3.8, 4) is 0 Å². The lowest BCUT2D eigenvalue weighted by Gasteiger charge is -2.06. The molecule has 1 aromatic carbocycles. The molecule has 0 fully saturated rings. The lowest BCUT2D eigenvalue weighted by atomic mass is 10.3. The van der Waals surface area contributed by atoms with E-state index >= 15 is 0 Å². The van der Waals surface area contributed by atoms with Gasteiger partial charge in [-0.25, -0.2) is 4.68 Å². The quantitative estimate of drug-likeness (QED) is 0.591. The van der Waals surface area contributed by atoms with Crippen LogP contribution in [0.5, 0.6) is 0 Å². The second kappa shape index (κ2) is 6.93. The minimum atomic E-state index is -0.588. The van der Waals surface area contributed by atoms with Crippen molar-refractivity contribution >= 4 is 40.2 Å². The highest BCUT2D eigenvalue weighted by atomic mass is 127. The molecule has 8 nitrogen and oxygen atoms in total. The van der Waals surface area contributed by atoms with Crippen molar-refractivity contribution < 1.29 is 14.3 Å². The summed E-state index contributed by atoms with van der Waals surface area (Å²) in [6, 6.07) is 7.25. The number of anilines is 1. The smallest absolute Gasteiger partial charge is 0.328 e. The average molecular weight is 387 g/mol. The maximum atomic E-state index is 11.6. The second-order valence-electron chi connectivity index (χ2n) is 3.72. The zero-order valence-electron chi connectivity index (χ0n) is 10.2. The maximum absolute atomic E-state index is 11.6. The molecule has 20 heavy (non-hydrogen) atoms. The van der Waals surface area contributed by atoms with E-state index in [0.717, 1.165) is 3.57 Å². The zero-order valence-corrected chi connectivity index (χ0v) is 12.4. The van der Waals surface area contributed by atoms with Gasteiger partial charge in [0.15, 0.2) is 6.61 Å². The molecule has 104 valence electrons. The van der Waals surface area contributed by atoms with Crippen LogP contribution in [0.15, 0.2) is 30.6 Å². The van der Waals surface area contributed by atoms with E-state index in [1.165, 1.54) is 11.0 Å². The Morgan fingerprint density at radius 2 is 2.05 bits per heavy atom. The molecule has 0 saturated carbocycles. The summed E-state index contributed by atoms with van der Waals surface area (Å²) in [5.41, 5.74) is 0.645. The lowest BCUT2D eigenvalue weighted by Crippen LogP contribution is -2.23. The number of aromatic nitrogens is 4. The zero-order chi connectivity index (χ0) is 14.4. The highest BCUT2D eigenvalue weighted by Crippen LogP contribution is 2.10. The number of rotatable bonds is 5. The molecule has 0 saturated heterocycles. The normalized spacial score (nSPS) is 10.1. The van der Waals surface area contributed by atoms with E-state index < -0.39 is 11.9 Å². The minimum absolute atomic E-state index is 0.135. The molecule has 2 rings (SSSR count). The first-order valence-electron chi connectivity index (χ1n) is 5.55. The van der Waals surface area contributed by atoms with Gasteiger partial charge in [-0.05, 0) is 57.3 Å². The number of carbonyl (C=O) groups excluding carboxylic acids is 2. The summed E-state index contributed by atoms with van der Waals surface area (Å²) >= 11 is 2.16. The van der Waals surface area contributed by atoms with Crippen molar-refractivity contribution in [2.45, 2.75) is 6.54 Å². The molecule has 2 aromatic rings. The Kier molecular flexibility index (Phi) is 4.98. The Labute approximate surface area is 127 Å². The average Bonchev–Trinajstić information content (AvgIpc) is 2.92. The number of tetrazole rings is 1. The summed E-state index contributed by atoms with van der Waals surface area (Å²) < 4.78 is 7.08. The summed E-state index contributed by atoms with van der Waals surface area (Å²) in [5, 5.41) is 12.9. The molecule has 0 aliphatic carbocycles. The van der Waals surface area contributed by atoms with Gasteiger partial charge in [0.1, 0.15) is 12.9 Å². The Hall–Kier alpha value is -2.04. The van der Waals surface area contributed by atoms with Crippen LogP contribution >= 0.6 is 22.6 Å². The van der Waals surface area contributed by atoms with Gasteiger partial charge < -0.3 is 10.1 Å². The van der Waals surface area contributed by atoms with Crippen LogP contribution in [0.3, 0.4) is 0 Å². The molecule has 0 radical (unpaired) electrons. The molecule has 9 heteroatoms. The number of nitrogens with zero attached hydrogens (tertiary/aromatic N) is 4. The van der Waals surface area contributed by atoms with Crippen LogP contribution in [0.4, 0.5) is 5.69 Å². The number of hydrogen-bond acceptors (Lipinski definition) is 6. The highest BCUT2D eigenvalue weighted by Gasteiger charge is 2.09. The van der Waals surface area contributed by atoms with Crippen molar-refractivity contribution in [3.05, 3.63) is 34.2 Å². The van der Waals surface area contributed by atoms with Gasteiger partial charge in [0.2, 0.25) is 0 Å². The molecule has 0 atom stereocenters. The molecular formula is C11H10IN5O3. The fourth-order valence-corrected chi connectivity index (χ4v) is 1.67. The summed E-state index contributed by atoms with van der Waals surface area (Å²) in [5.74, 6) is -0.994. The third-order valence-corrected chi connectivity index (χ3v) is 2.89. The minimum Gasteiger partial charge on any atom is -0.454 e. The largest absolute Gasteiger partial charge is 0.454 e. The molecular weight excluding hydrogens is 377 g/mol. The fourth-order valence-electron chi connectivity index (χ4n) is 1.31. The Morgan fingerprint density at radius 3 is 2.70 bits per heavy atom. The van der Waals surface area contributed by atoms with Crippen molar-refractivity contribution in [2.24, 2.45) is 0 Å². The van der Waals surface area contributed by atoms with Crippen LogP contribution in [0.1, 0.15) is 0 Å². The van der Waals surface area contributed by atoms with E-state index in [2.05, 4.69) is 43.4 Å². The number of hydrogen-bond donors (Lipinski definition) is 1. The van der Waals surface area contributed by atoms with Gasteiger partial charge in [-0.1, -0.05) is 0 Å². The van der Waals surface area contributed by atoms with Gasteiger partial charge in [-0.15, -0.1) is 5.10 Å². The Bertz CT molecular complexity index is 585. The van der Waals surface area contributed by atoms with E-state index in [9.17, 15) is 9.59 Å². The first-order valence-corrected chi connectivity index (χ1v) is 6.63. The van der Waals surface area contributed by atoms with Crippen LogP contribution in [0.25, 0.3) is 0 Å². The molecule has 1 N–H and O–H groups in total. The molecule has 0 bridgehead atoms. The highest BCUT2D eigenvalue weighted by molar-refractivity contribution is 14.1. The van der Waals surface area contributed by atoms with Gasteiger partial charge in [0.25, 0.3) is 5.91 Å². The number of esters is 1. The SMILES string of the molecule is O=C(COC(=O)Cn1cnnn1)Nc1ccc(I)cc1. The van der Waals surface area contributed by atoms with Crippen LogP contribution in [0, 0.1) is 3.57 Å². The Balaban J connectivity index is 1.74. The van der Waals surface area contributed by atoms with E-state index in [1.807, 2.05) is 12.1 Å². The number of ether oxygens (including phenoxy) is 1. The van der Waals surface area contributed by atoms with Crippen molar-refractivity contribution in [2.75, 3.05) is 11.9 Å². The molecule has 1 amide bonds. The third-order valence-electron chi connectivity index (χ3n) is 2.17. The van der Waals surface area contributed by atoms with E-state index in [0.29, 0.717) is 5.69 Å². The van der Waals surface area contributed by atoms with Gasteiger partial charge in [0.05, 0.1) is 0 Å². The van der Waals surface area contributed by atoms with Gasteiger partial charge in [0, 0.05) is 9.26 Å². The summed E-state index contributed by atoms with van der Waals surface area (Å²) in [6.07, 6.45) is 1.28. The number of halogens is 1. The summed E-state index contributed by atoms with van der Waals surface area (Å²) in [6.45, 7) is -0.489. The third kappa shape index (κ3) is 4.57. The van der Waals surface area contributed by atoms with Crippen LogP contribution in [-0.4, -0.2) is 38.7 Å². The predicted octanol–water partition coefficient (Wildman–Crippen LogP) is 0.460. The van der Waals surface area contributed by atoms with Crippen LogP contribution < -0.4 is 5.32 Å². The monoisotopic (exact) mass is 387 g/mol. The number of nitrogens with one attached hydrogen (secondary N) is 1. The number of benzene rings is 1. The molecule has 1 heterocycles. The summed E-state index contributed by atoms with van der Waals surface area (Å²) in [4.78, 5) is 23.0. The van der Waals surface area contributed by atoms with Crippen LogP contribution in [-0.2, 0) is 20.9 Å². The van der Waals surface area contributed by atoms with Crippen molar-refractivity contribution in [3.63, 3.8) is 0 Å². The predicted molar refractivity (Wildman–Crippen MR) is 76.6 cm³/mol.